The molecule has 0 amide bonds. The van der Waals surface area contributed by atoms with E-state index in [0.29, 0.717) is 6.04 Å². The quantitative estimate of drug-likeness (QED) is 0.334. The van der Waals surface area contributed by atoms with Gasteiger partial charge in [-0.25, -0.2) is 0 Å². The maximum atomic E-state index is 6.37. The zero-order valence-corrected chi connectivity index (χ0v) is 19.5. The van der Waals surface area contributed by atoms with Crippen LogP contribution in [0.5, 0.6) is 0 Å². The van der Waals surface area contributed by atoms with Gasteiger partial charge in [0.05, 0.1) is 12.1 Å². The molecule has 4 aromatic rings. The van der Waals surface area contributed by atoms with Crippen molar-refractivity contribution in [2.75, 3.05) is 26.2 Å². The van der Waals surface area contributed by atoms with Crippen molar-refractivity contribution in [2.24, 2.45) is 0 Å². The molecule has 3 aromatic carbocycles. The number of rotatable bonds is 6. The summed E-state index contributed by atoms with van der Waals surface area (Å²) >= 11 is 0. The van der Waals surface area contributed by atoms with Crippen molar-refractivity contribution in [2.45, 2.75) is 25.9 Å². The molecule has 1 atom stereocenters. The number of furan rings is 1. The Balaban J connectivity index is 1.32. The summed E-state index contributed by atoms with van der Waals surface area (Å²) in [6, 6.07) is 34.9. The maximum absolute atomic E-state index is 6.37. The van der Waals surface area contributed by atoms with Crippen LogP contribution in [0.2, 0.25) is 0 Å². The van der Waals surface area contributed by atoms with E-state index in [4.69, 9.17) is 4.42 Å². The van der Waals surface area contributed by atoms with Gasteiger partial charge in [0.15, 0.2) is 0 Å². The first-order valence-corrected chi connectivity index (χ1v) is 11.9. The third kappa shape index (κ3) is 4.66. The van der Waals surface area contributed by atoms with Crippen molar-refractivity contribution in [3.63, 3.8) is 0 Å². The van der Waals surface area contributed by atoms with Crippen molar-refractivity contribution in [1.82, 2.24) is 9.80 Å². The number of hydrogen-bond acceptors (Lipinski definition) is 3. The average molecular weight is 437 g/mol. The van der Waals surface area contributed by atoms with Gasteiger partial charge < -0.3 is 4.42 Å². The van der Waals surface area contributed by atoms with E-state index >= 15 is 0 Å². The molecule has 1 aliphatic rings. The van der Waals surface area contributed by atoms with Crippen LogP contribution >= 0.6 is 0 Å². The number of hydrogen-bond donors (Lipinski definition) is 0. The second-order valence-electron chi connectivity index (χ2n) is 9.00. The highest BCUT2D eigenvalue weighted by Crippen LogP contribution is 2.34. The lowest BCUT2D eigenvalue weighted by Gasteiger charge is -2.41. The summed E-state index contributed by atoms with van der Waals surface area (Å²) in [4.78, 5) is 5.18. The smallest absolute Gasteiger partial charge is 0.134 e. The minimum absolute atomic E-state index is 0.261. The second kappa shape index (κ2) is 9.78. The fourth-order valence-electron chi connectivity index (χ4n) is 5.09. The Morgan fingerprint density at radius 2 is 1.15 bits per heavy atom. The van der Waals surface area contributed by atoms with Gasteiger partial charge >= 0.3 is 0 Å². The van der Waals surface area contributed by atoms with Crippen LogP contribution in [0.4, 0.5) is 0 Å². The lowest BCUT2D eigenvalue weighted by molar-refractivity contribution is 0.0768. The molecular formula is C30H32N2O. The number of nitrogens with zero attached hydrogens (tertiary/aromatic N) is 2. The molecule has 1 aromatic heterocycles. The summed E-state index contributed by atoms with van der Waals surface area (Å²) in [5, 5.41) is 0. The minimum atomic E-state index is 0.261. The van der Waals surface area contributed by atoms with E-state index < -0.39 is 0 Å². The van der Waals surface area contributed by atoms with Crippen LogP contribution in [-0.4, -0.2) is 36.0 Å². The van der Waals surface area contributed by atoms with Gasteiger partial charge in [-0.15, -0.1) is 0 Å². The van der Waals surface area contributed by atoms with Gasteiger partial charge in [0.2, 0.25) is 0 Å². The number of piperazine rings is 1. The van der Waals surface area contributed by atoms with Gasteiger partial charge in [0.25, 0.3) is 0 Å². The molecule has 0 spiro atoms. The fourth-order valence-corrected chi connectivity index (χ4v) is 5.09. The van der Waals surface area contributed by atoms with Crippen LogP contribution in [0.25, 0.3) is 11.3 Å². The summed E-state index contributed by atoms with van der Waals surface area (Å²) in [7, 11) is 0. The third-order valence-electron chi connectivity index (χ3n) is 6.89. The molecule has 0 aliphatic carbocycles. The summed E-state index contributed by atoms with van der Waals surface area (Å²) in [6.45, 7) is 8.56. The summed E-state index contributed by atoms with van der Waals surface area (Å²) in [5.74, 6) is 2.05. The van der Waals surface area contributed by atoms with Crippen LogP contribution in [0.1, 0.15) is 41.5 Å². The van der Waals surface area contributed by atoms with E-state index in [0.717, 1.165) is 43.3 Å². The average Bonchev–Trinajstić information content (AvgIpc) is 3.28. The molecule has 2 heterocycles. The fraction of sp³-hybridized carbons (Fsp3) is 0.267. The predicted molar refractivity (Wildman–Crippen MR) is 135 cm³/mol. The Bertz CT molecular complexity index is 1110. The van der Waals surface area contributed by atoms with Crippen LogP contribution in [0.3, 0.4) is 0 Å². The minimum Gasteiger partial charge on any atom is -0.459 e. The Kier molecular flexibility index (Phi) is 6.43. The topological polar surface area (TPSA) is 19.6 Å². The van der Waals surface area contributed by atoms with Gasteiger partial charge in [0, 0.05) is 31.7 Å². The standard InChI is InChI=1S/C30H32N2O/c1-23-22-28(25-12-6-3-7-13-25)33-30(23)24(2)31-18-20-32(21-19-31)29(26-14-8-4-9-15-26)27-16-10-5-11-17-27/h3-17,22,24,29H,18-21H2,1-2H3. The van der Waals surface area contributed by atoms with E-state index in [-0.39, 0.29) is 6.04 Å². The van der Waals surface area contributed by atoms with Crippen LogP contribution in [0.15, 0.2) is 101 Å². The van der Waals surface area contributed by atoms with Gasteiger partial charge in [-0.2, -0.15) is 0 Å². The van der Waals surface area contributed by atoms with Gasteiger partial charge in [-0.3, -0.25) is 9.80 Å². The van der Waals surface area contributed by atoms with E-state index in [1.54, 1.807) is 0 Å². The molecule has 0 radical (unpaired) electrons. The SMILES string of the molecule is Cc1cc(-c2ccccc2)oc1C(C)N1CCN(C(c2ccccc2)c2ccccc2)CC1. The van der Waals surface area contributed by atoms with E-state index in [2.05, 4.69) is 115 Å². The molecule has 1 fully saturated rings. The zero-order chi connectivity index (χ0) is 22.6. The molecule has 0 bridgehead atoms. The first kappa shape index (κ1) is 21.7. The number of aryl methyl sites for hydroxylation is 1. The Morgan fingerprint density at radius 1 is 0.667 bits per heavy atom. The molecule has 1 saturated heterocycles. The van der Waals surface area contributed by atoms with Crippen LogP contribution < -0.4 is 0 Å². The van der Waals surface area contributed by atoms with Gasteiger partial charge in [-0.1, -0.05) is 91.0 Å². The Labute approximate surface area is 197 Å². The van der Waals surface area contributed by atoms with Gasteiger partial charge in [0.1, 0.15) is 11.5 Å². The normalized spacial score (nSPS) is 16.2. The van der Waals surface area contributed by atoms with E-state index in [1.807, 2.05) is 6.07 Å². The lowest BCUT2D eigenvalue weighted by Crippen LogP contribution is -2.48. The highest BCUT2D eigenvalue weighted by Gasteiger charge is 2.30. The van der Waals surface area contributed by atoms with Gasteiger partial charge in [-0.05, 0) is 36.6 Å². The first-order valence-electron chi connectivity index (χ1n) is 11.9. The third-order valence-corrected chi connectivity index (χ3v) is 6.89. The summed E-state index contributed by atoms with van der Waals surface area (Å²) < 4.78 is 6.37. The molecular weight excluding hydrogens is 404 g/mol. The summed E-state index contributed by atoms with van der Waals surface area (Å²) in [5.41, 5.74) is 5.09. The maximum Gasteiger partial charge on any atom is 0.134 e. The molecule has 168 valence electrons. The van der Waals surface area contributed by atoms with Crippen molar-refractivity contribution in [3.8, 4) is 11.3 Å². The highest BCUT2D eigenvalue weighted by molar-refractivity contribution is 5.58. The molecule has 0 saturated carbocycles. The monoisotopic (exact) mass is 436 g/mol. The highest BCUT2D eigenvalue weighted by atomic mass is 16.3. The molecule has 5 rings (SSSR count). The molecule has 3 nitrogen and oxygen atoms in total. The van der Waals surface area contributed by atoms with Crippen LogP contribution in [0, 0.1) is 6.92 Å². The lowest BCUT2D eigenvalue weighted by atomic mass is 9.96. The summed E-state index contributed by atoms with van der Waals surface area (Å²) in [6.07, 6.45) is 0. The van der Waals surface area contributed by atoms with Crippen molar-refractivity contribution in [1.29, 1.82) is 0 Å². The second-order valence-corrected chi connectivity index (χ2v) is 9.00. The number of benzene rings is 3. The van der Waals surface area contributed by atoms with E-state index in [1.165, 1.54) is 16.7 Å². The first-order chi connectivity index (χ1) is 16.2. The predicted octanol–water partition coefficient (Wildman–Crippen LogP) is 6.72. The van der Waals surface area contributed by atoms with Crippen molar-refractivity contribution >= 4 is 0 Å². The van der Waals surface area contributed by atoms with Crippen molar-refractivity contribution in [3.05, 3.63) is 120 Å². The zero-order valence-electron chi connectivity index (χ0n) is 19.5. The molecule has 3 heteroatoms. The molecule has 1 unspecified atom stereocenters. The Hall–Kier alpha value is -3.14. The van der Waals surface area contributed by atoms with Crippen molar-refractivity contribution < 1.29 is 4.42 Å². The van der Waals surface area contributed by atoms with Crippen LogP contribution in [-0.2, 0) is 0 Å². The molecule has 33 heavy (non-hydrogen) atoms. The largest absolute Gasteiger partial charge is 0.459 e. The Morgan fingerprint density at radius 3 is 1.70 bits per heavy atom. The molecule has 1 aliphatic heterocycles. The van der Waals surface area contributed by atoms with E-state index in [9.17, 15) is 0 Å². The molecule has 0 N–H and O–H groups in total.